The van der Waals surface area contributed by atoms with Crippen molar-refractivity contribution in [1.29, 1.82) is 5.26 Å². The first kappa shape index (κ1) is 13.6. The molecule has 2 atom stereocenters. The lowest BCUT2D eigenvalue weighted by Gasteiger charge is -2.23. The van der Waals surface area contributed by atoms with Crippen LogP contribution in [0.5, 0.6) is 5.75 Å². The third-order valence-electron chi connectivity index (χ3n) is 3.36. The van der Waals surface area contributed by atoms with Gasteiger partial charge < -0.3 is 9.47 Å². The molecule has 4 heteroatoms. The zero-order valence-electron chi connectivity index (χ0n) is 11.0. The summed E-state index contributed by atoms with van der Waals surface area (Å²) in [7, 11) is 1.58. The number of rotatable bonds is 4. The molecule has 1 aliphatic heterocycles. The van der Waals surface area contributed by atoms with Crippen molar-refractivity contribution in [3.8, 4) is 11.8 Å². The van der Waals surface area contributed by atoms with Crippen LogP contribution in [0.25, 0.3) is 0 Å². The maximum atomic E-state index is 12.3. The number of carbonyl (C=O) groups excluding carboxylic acids is 1. The van der Waals surface area contributed by atoms with Crippen LogP contribution in [0.2, 0.25) is 0 Å². The molecule has 2 unspecified atom stereocenters. The minimum absolute atomic E-state index is 0.132. The molecule has 0 aromatic heterocycles. The van der Waals surface area contributed by atoms with E-state index < -0.39 is 12.0 Å². The van der Waals surface area contributed by atoms with Crippen LogP contribution < -0.4 is 4.74 Å². The molecule has 1 aromatic rings. The second kappa shape index (κ2) is 6.35. The van der Waals surface area contributed by atoms with Crippen molar-refractivity contribution in [3.05, 3.63) is 29.8 Å². The van der Waals surface area contributed by atoms with Crippen molar-refractivity contribution in [2.24, 2.45) is 0 Å². The van der Waals surface area contributed by atoms with Gasteiger partial charge in [0.05, 0.1) is 13.2 Å². The number of ether oxygens (including phenoxy) is 2. The molecule has 1 saturated heterocycles. The average molecular weight is 259 g/mol. The van der Waals surface area contributed by atoms with E-state index in [1.807, 2.05) is 0 Å². The summed E-state index contributed by atoms with van der Waals surface area (Å²) in [6.07, 6.45) is 2.26. The summed E-state index contributed by atoms with van der Waals surface area (Å²) in [4.78, 5) is 12.3. The zero-order chi connectivity index (χ0) is 13.7. The molecule has 4 nitrogen and oxygen atoms in total. The summed E-state index contributed by atoms with van der Waals surface area (Å²) in [5.74, 6) is -0.178. The molecule has 0 bridgehead atoms. The van der Waals surface area contributed by atoms with E-state index in [-0.39, 0.29) is 5.78 Å². The predicted molar refractivity (Wildman–Crippen MR) is 69.9 cm³/mol. The van der Waals surface area contributed by atoms with Gasteiger partial charge in [0, 0.05) is 6.61 Å². The largest absolute Gasteiger partial charge is 0.497 e. The smallest absolute Gasteiger partial charge is 0.183 e. The van der Waals surface area contributed by atoms with Gasteiger partial charge in [-0.3, -0.25) is 4.79 Å². The van der Waals surface area contributed by atoms with Crippen LogP contribution in [0.1, 0.15) is 30.7 Å². The first-order valence-corrected chi connectivity index (χ1v) is 6.45. The van der Waals surface area contributed by atoms with E-state index in [9.17, 15) is 10.1 Å². The number of hydrogen-bond donors (Lipinski definition) is 0. The Morgan fingerprint density at radius 3 is 2.68 bits per heavy atom. The average Bonchev–Trinajstić information content (AvgIpc) is 2.49. The van der Waals surface area contributed by atoms with E-state index >= 15 is 0 Å². The molecule has 1 aromatic carbocycles. The maximum Gasteiger partial charge on any atom is 0.183 e. The number of carbonyl (C=O) groups is 1. The molecule has 0 aliphatic carbocycles. The van der Waals surface area contributed by atoms with E-state index in [4.69, 9.17) is 9.47 Å². The van der Waals surface area contributed by atoms with E-state index in [0.29, 0.717) is 24.3 Å². The van der Waals surface area contributed by atoms with Crippen LogP contribution >= 0.6 is 0 Å². The van der Waals surface area contributed by atoms with Crippen LogP contribution in [0.4, 0.5) is 0 Å². The number of nitriles is 1. The van der Waals surface area contributed by atoms with Gasteiger partial charge in [-0.1, -0.05) is 12.1 Å². The van der Waals surface area contributed by atoms with Gasteiger partial charge >= 0.3 is 0 Å². The second-order valence-electron chi connectivity index (χ2n) is 4.59. The number of benzene rings is 1. The highest BCUT2D eigenvalue weighted by atomic mass is 16.5. The van der Waals surface area contributed by atoms with Gasteiger partial charge in [0.15, 0.2) is 5.78 Å². The summed E-state index contributed by atoms with van der Waals surface area (Å²) in [6.45, 7) is 0.608. The van der Waals surface area contributed by atoms with Crippen molar-refractivity contribution in [3.63, 3.8) is 0 Å². The van der Waals surface area contributed by atoms with Crippen molar-refractivity contribution < 1.29 is 14.3 Å². The Hall–Kier alpha value is -1.86. The number of methoxy groups -OCH3 is 1. The molecule has 100 valence electrons. The lowest BCUT2D eigenvalue weighted by molar-refractivity contribution is -0.133. The molecule has 1 fully saturated rings. The van der Waals surface area contributed by atoms with Crippen LogP contribution in [0.3, 0.4) is 0 Å². The van der Waals surface area contributed by atoms with Crippen molar-refractivity contribution in [2.75, 3.05) is 13.7 Å². The fourth-order valence-corrected chi connectivity index (χ4v) is 2.25. The Kier molecular flexibility index (Phi) is 4.53. The molecule has 19 heavy (non-hydrogen) atoms. The molecule has 0 N–H and O–H groups in total. The van der Waals surface area contributed by atoms with Crippen LogP contribution in [0.15, 0.2) is 24.3 Å². The van der Waals surface area contributed by atoms with Gasteiger partial charge in [0.2, 0.25) is 0 Å². The molecule has 0 radical (unpaired) electrons. The van der Waals surface area contributed by atoms with Crippen LogP contribution in [0, 0.1) is 11.3 Å². The van der Waals surface area contributed by atoms with Gasteiger partial charge in [-0.15, -0.1) is 0 Å². The molecule has 1 heterocycles. The topological polar surface area (TPSA) is 59.3 Å². The minimum Gasteiger partial charge on any atom is -0.497 e. The van der Waals surface area contributed by atoms with Crippen LogP contribution in [-0.2, 0) is 9.53 Å². The minimum atomic E-state index is -0.756. The quantitative estimate of drug-likeness (QED) is 0.833. The molecule has 2 rings (SSSR count). The Bertz CT molecular complexity index is 469. The van der Waals surface area contributed by atoms with Gasteiger partial charge in [-0.2, -0.15) is 5.26 Å². The fraction of sp³-hybridized carbons (Fsp3) is 0.467. The second-order valence-corrected chi connectivity index (χ2v) is 4.59. The third-order valence-corrected chi connectivity index (χ3v) is 3.36. The Balaban J connectivity index is 2.14. The lowest BCUT2D eigenvalue weighted by atomic mass is 9.90. The molecular formula is C15H17NO3. The third kappa shape index (κ3) is 3.12. The highest BCUT2D eigenvalue weighted by molar-refractivity contribution is 5.92. The first-order chi connectivity index (χ1) is 9.26. The van der Waals surface area contributed by atoms with Crippen molar-refractivity contribution in [2.45, 2.75) is 31.3 Å². The number of hydrogen-bond acceptors (Lipinski definition) is 4. The fourth-order valence-electron chi connectivity index (χ4n) is 2.25. The summed E-state index contributed by atoms with van der Waals surface area (Å²) >= 11 is 0. The molecule has 0 saturated carbocycles. The Labute approximate surface area is 112 Å². The number of nitrogens with zero attached hydrogens (tertiary/aromatic N) is 1. The summed E-state index contributed by atoms with van der Waals surface area (Å²) in [5.41, 5.74) is 0.697. The van der Waals surface area contributed by atoms with Crippen molar-refractivity contribution in [1.82, 2.24) is 0 Å². The highest BCUT2D eigenvalue weighted by Crippen LogP contribution is 2.24. The van der Waals surface area contributed by atoms with Crippen molar-refractivity contribution >= 4 is 5.78 Å². The van der Waals surface area contributed by atoms with E-state index in [1.165, 1.54) is 0 Å². The molecular weight excluding hydrogens is 242 g/mol. The predicted octanol–water partition coefficient (Wildman–Crippen LogP) is 2.44. The van der Waals surface area contributed by atoms with Gasteiger partial charge in [-0.25, -0.2) is 0 Å². The van der Waals surface area contributed by atoms with Crippen LogP contribution in [-0.4, -0.2) is 25.6 Å². The normalized spacial score (nSPS) is 20.3. The lowest BCUT2D eigenvalue weighted by Crippen LogP contribution is -2.32. The standard InChI is InChI=1S/C15H17NO3/c1-18-12-7-5-11(6-8-12)13(10-16)15(17)14-4-2-3-9-19-14/h5-8,13-14H,2-4,9H2,1H3. The zero-order valence-corrected chi connectivity index (χ0v) is 11.0. The Morgan fingerprint density at radius 2 is 2.16 bits per heavy atom. The monoisotopic (exact) mass is 259 g/mol. The highest BCUT2D eigenvalue weighted by Gasteiger charge is 2.30. The van der Waals surface area contributed by atoms with Gasteiger partial charge in [0.25, 0.3) is 0 Å². The van der Waals surface area contributed by atoms with Gasteiger partial charge in [0.1, 0.15) is 17.8 Å². The Morgan fingerprint density at radius 1 is 1.42 bits per heavy atom. The summed E-state index contributed by atoms with van der Waals surface area (Å²) in [5, 5.41) is 9.25. The summed E-state index contributed by atoms with van der Waals surface area (Å²) in [6, 6.07) is 9.11. The summed E-state index contributed by atoms with van der Waals surface area (Å²) < 4.78 is 10.5. The van der Waals surface area contributed by atoms with E-state index in [2.05, 4.69) is 6.07 Å². The maximum absolute atomic E-state index is 12.3. The first-order valence-electron chi connectivity index (χ1n) is 6.45. The van der Waals surface area contributed by atoms with E-state index in [0.717, 1.165) is 12.8 Å². The van der Waals surface area contributed by atoms with E-state index in [1.54, 1.807) is 31.4 Å². The molecule has 0 spiro atoms. The number of Topliss-reactive ketones (excluding diaryl/α,β-unsaturated/α-hetero) is 1. The molecule has 0 amide bonds. The van der Waals surface area contributed by atoms with Gasteiger partial charge in [-0.05, 0) is 37.0 Å². The number of ketones is 1. The molecule has 1 aliphatic rings. The SMILES string of the molecule is COc1ccc(C(C#N)C(=O)C2CCCCO2)cc1.